The first-order valence-electron chi connectivity index (χ1n) is 5.72. The predicted octanol–water partition coefficient (Wildman–Crippen LogP) is 2.69. The Balaban J connectivity index is 2.02. The first-order valence-corrected chi connectivity index (χ1v) is 5.72. The molecule has 3 heteroatoms. The van der Waals surface area contributed by atoms with E-state index in [9.17, 15) is 0 Å². The van der Waals surface area contributed by atoms with Crippen LogP contribution < -0.4 is 5.32 Å². The summed E-state index contributed by atoms with van der Waals surface area (Å²) >= 11 is 0. The van der Waals surface area contributed by atoms with Crippen LogP contribution in [0.15, 0.2) is 6.07 Å². The fourth-order valence-electron chi connectivity index (χ4n) is 2.16. The van der Waals surface area contributed by atoms with E-state index in [2.05, 4.69) is 35.4 Å². The maximum atomic E-state index is 4.17. The molecule has 0 spiro atoms. The van der Waals surface area contributed by atoms with Crippen molar-refractivity contribution in [2.75, 3.05) is 5.32 Å². The molecule has 0 radical (unpaired) electrons. The highest BCUT2D eigenvalue weighted by atomic mass is 15.2. The minimum atomic E-state index is 0.594. The van der Waals surface area contributed by atoms with Gasteiger partial charge in [0.15, 0.2) is 0 Å². The normalized spacial score (nSPS) is 25.5. The molecule has 1 fully saturated rings. The van der Waals surface area contributed by atoms with Crippen LogP contribution in [0.25, 0.3) is 0 Å². The molecule has 1 heterocycles. The Labute approximate surface area is 91.3 Å². The third kappa shape index (κ3) is 2.46. The van der Waals surface area contributed by atoms with Gasteiger partial charge in [-0.1, -0.05) is 6.92 Å². The van der Waals surface area contributed by atoms with Gasteiger partial charge < -0.3 is 5.32 Å². The maximum Gasteiger partial charge on any atom is 0.149 e. The molecular formula is C12H19N3. The van der Waals surface area contributed by atoms with Crippen molar-refractivity contribution in [3.8, 4) is 0 Å². The van der Waals surface area contributed by atoms with Crippen LogP contribution in [0.4, 0.5) is 5.82 Å². The lowest BCUT2D eigenvalue weighted by atomic mass is 10.1. The molecule has 1 aromatic heterocycles. The van der Waals surface area contributed by atoms with Crippen LogP contribution in [0.2, 0.25) is 0 Å². The van der Waals surface area contributed by atoms with Gasteiger partial charge in [-0.2, -0.15) is 5.10 Å². The average Bonchev–Trinajstić information content (AvgIpc) is 2.58. The van der Waals surface area contributed by atoms with Crippen LogP contribution in [0, 0.1) is 19.8 Å². The van der Waals surface area contributed by atoms with E-state index < -0.39 is 0 Å². The predicted molar refractivity (Wildman–Crippen MR) is 61.9 cm³/mol. The van der Waals surface area contributed by atoms with Gasteiger partial charge in [-0.05, 0) is 50.7 Å². The summed E-state index contributed by atoms with van der Waals surface area (Å²) in [5.41, 5.74) is 2.22. The van der Waals surface area contributed by atoms with Crippen LogP contribution in [0.5, 0.6) is 0 Å². The van der Waals surface area contributed by atoms with Gasteiger partial charge in [0.05, 0.1) is 5.69 Å². The molecule has 1 aliphatic rings. The zero-order chi connectivity index (χ0) is 10.8. The van der Waals surface area contributed by atoms with Crippen LogP contribution in [-0.2, 0) is 0 Å². The Bertz CT molecular complexity index is 349. The molecule has 2 rings (SSSR count). The minimum Gasteiger partial charge on any atom is -0.366 e. The molecule has 3 nitrogen and oxygen atoms in total. The molecule has 2 unspecified atom stereocenters. The summed E-state index contributed by atoms with van der Waals surface area (Å²) in [6.45, 7) is 6.38. The second-order valence-corrected chi connectivity index (χ2v) is 4.76. The number of aromatic nitrogens is 2. The number of hydrogen-bond donors (Lipinski definition) is 1. The van der Waals surface area contributed by atoms with Gasteiger partial charge >= 0.3 is 0 Å². The van der Waals surface area contributed by atoms with Crippen molar-refractivity contribution in [1.29, 1.82) is 0 Å². The van der Waals surface area contributed by atoms with Crippen molar-refractivity contribution < 1.29 is 0 Å². The molecule has 0 amide bonds. The summed E-state index contributed by atoms with van der Waals surface area (Å²) in [5, 5.41) is 11.8. The van der Waals surface area contributed by atoms with Crippen LogP contribution in [-0.4, -0.2) is 16.2 Å². The lowest BCUT2D eigenvalue weighted by molar-refractivity contribution is 0.602. The molecule has 15 heavy (non-hydrogen) atoms. The van der Waals surface area contributed by atoms with E-state index in [1.165, 1.54) is 24.8 Å². The van der Waals surface area contributed by atoms with E-state index in [1.54, 1.807) is 0 Å². The molecule has 0 aliphatic heterocycles. The molecule has 0 aromatic carbocycles. The van der Waals surface area contributed by atoms with E-state index >= 15 is 0 Å². The van der Waals surface area contributed by atoms with Gasteiger partial charge in [-0.3, -0.25) is 0 Å². The molecule has 82 valence electrons. The SMILES string of the molecule is Cc1cc(NC2CCC(C)C2)nnc1C. The van der Waals surface area contributed by atoms with E-state index in [4.69, 9.17) is 0 Å². The summed E-state index contributed by atoms with van der Waals surface area (Å²) in [6, 6.07) is 2.68. The molecule has 1 aromatic rings. The van der Waals surface area contributed by atoms with Crippen LogP contribution >= 0.6 is 0 Å². The standard InChI is InChI=1S/C12H19N3/c1-8-4-5-11(6-8)13-12-7-9(2)10(3)14-15-12/h7-8,11H,4-6H2,1-3H3,(H,13,15). The number of rotatable bonds is 2. The van der Waals surface area contributed by atoms with Crippen molar-refractivity contribution in [2.45, 2.75) is 46.1 Å². The third-order valence-electron chi connectivity index (χ3n) is 3.28. The summed E-state index contributed by atoms with van der Waals surface area (Å²) in [6.07, 6.45) is 3.85. The lowest BCUT2D eigenvalue weighted by Gasteiger charge is -2.13. The lowest BCUT2D eigenvalue weighted by Crippen LogP contribution is -2.16. The van der Waals surface area contributed by atoms with Crippen molar-refractivity contribution in [1.82, 2.24) is 10.2 Å². The second-order valence-electron chi connectivity index (χ2n) is 4.76. The highest BCUT2D eigenvalue weighted by Crippen LogP contribution is 2.26. The quantitative estimate of drug-likeness (QED) is 0.806. The number of hydrogen-bond acceptors (Lipinski definition) is 3. The Morgan fingerprint density at radius 3 is 2.67 bits per heavy atom. The fourth-order valence-corrected chi connectivity index (χ4v) is 2.16. The van der Waals surface area contributed by atoms with Crippen molar-refractivity contribution >= 4 is 5.82 Å². The largest absolute Gasteiger partial charge is 0.366 e. The molecule has 1 N–H and O–H groups in total. The first kappa shape index (κ1) is 10.4. The number of anilines is 1. The van der Waals surface area contributed by atoms with Gasteiger partial charge in [0.1, 0.15) is 5.82 Å². The zero-order valence-corrected chi connectivity index (χ0v) is 9.75. The van der Waals surface area contributed by atoms with Gasteiger partial charge in [-0.15, -0.1) is 5.10 Å². The zero-order valence-electron chi connectivity index (χ0n) is 9.75. The summed E-state index contributed by atoms with van der Waals surface area (Å²) < 4.78 is 0. The van der Waals surface area contributed by atoms with E-state index in [0.717, 1.165) is 17.4 Å². The van der Waals surface area contributed by atoms with Crippen molar-refractivity contribution in [3.63, 3.8) is 0 Å². The Morgan fingerprint density at radius 2 is 2.07 bits per heavy atom. The van der Waals surface area contributed by atoms with E-state index in [-0.39, 0.29) is 0 Å². The van der Waals surface area contributed by atoms with Crippen molar-refractivity contribution in [2.24, 2.45) is 5.92 Å². The van der Waals surface area contributed by atoms with Gasteiger partial charge in [0, 0.05) is 6.04 Å². The highest BCUT2D eigenvalue weighted by molar-refractivity contribution is 5.38. The second kappa shape index (κ2) is 4.17. The van der Waals surface area contributed by atoms with Crippen LogP contribution in [0.1, 0.15) is 37.4 Å². The number of nitrogens with one attached hydrogen (secondary N) is 1. The smallest absolute Gasteiger partial charge is 0.149 e. The molecule has 1 saturated carbocycles. The summed E-state index contributed by atoms with van der Waals surface area (Å²) in [4.78, 5) is 0. The molecule has 0 saturated heterocycles. The molecule has 2 atom stereocenters. The van der Waals surface area contributed by atoms with Gasteiger partial charge in [0.2, 0.25) is 0 Å². The molecule has 1 aliphatic carbocycles. The van der Waals surface area contributed by atoms with E-state index in [0.29, 0.717) is 6.04 Å². The first-order chi connectivity index (χ1) is 7.15. The molecule has 0 bridgehead atoms. The Hall–Kier alpha value is -1.12. The third-order valence-corrected chi connectivity index (χ3v) is 3.28. The van der Waals surface area contributed by atoms with Crippen LogP contribution in [0.3, 0.4) is 0 Å². The maximum absolute atomic E-state index is 4.17. The summed E-state index contributed by atoms with van der Waals surface area (Å²) in [7, 11) is 0. The number of nitrogens with zero attached hydrogens (tertiary/aromatic N) is 2. The molecular weight excluding hydrogens is 186 g/mol. The fraction of sp³-hybridized carbons (Fsp3) is 0.667. The monoisotopic (exact) mass is 205 g/mol. The Morgan fingerprint density at radius 1 is 1.27 bits per heavy atom. The topological polar surface area (TPSA) is 37.8 Å². The highest BCUT2D eigenvalue weighted by Gasteiger charge is 2.21. The number of aryl methyl sites for hydroxylation is 2. The van der Waals surface area contributed by atoms with Gasteiger partial charge in [0.25, 0.3) is 0 Å². The minimum absolute atomic E-state index is 0.594. The Kier molecular flexibility index (Phi) is 2.89. The van der Waals surface area contributed by atoms with Gasteiger partial charge in [-0.25, -0.2) is 0 Å². The van der Waals surface area contributed by atoms with Crippen molar-refractivity contribution in [3.05, 3.63) is 17.3 Å². The van der Waals surface area contributed by atoms with E-state index in [1.807, 2.05) is 6.92 Å². The summed E-state index contributed by atoms with van der Waals surface area (Å²) in [5.74, 6) is 1.78. The average molecular weight is 205 g/mol.